The van der Waals surface area contributed by atoms with Crippen molar-refractivity contribution < 1.29 is 4.79 Å². The first-order valence-corrected chi connectivity index (χ1v) is 12.2. The van der Waals surface area contributed by atoms with Crippen LogP contribution in [0, 0.1) is 27.7 Å². The number of carbonyl (C=O) groups is 1. The lowest BCUT2D eigenvalue weighted by molar-refractivity contribution is 0.0738. The van der Waals surface area contributed by atoms with Gasteiger partial charge in [-0.2, -0.15) is 5.10 Å². The van der Waals surface area contributed by atoms with Gasteiger partial charge in [0.15, 0.2) is 0 Å². The lowest BCUT2D eigenvalue weighted by Gasteiger charge is -2.28. The lowest BCUT2D eigenvalue weighted by Crippen LogP contribution is -2.35. The molecule has 0 spiro atoms. The summed E-state index contributed by atoms with van der Waals surface area (Å²) in [6, 6.07) is 17.0. The maximum Gasteiger partial charge on any atom is 0.266 e. The summed E-state index contributed by atoms with van der Waals surface area (Å²) < 4.78 is 1.90. The molecule has 1 aliphatic rings. The molecule has 168 valence electrons. The number of carbonyl (C=O) groups excluding carboxylic acids is 1. The SMILES string of the molecule is Cc1ccc(Cc2c(C)nn(-c3nc(C)c(C(=O)N4CCc5ccccc5C4)s3)c2C)cc1. The molecule has 3 heterocycles. The number of hydrogen-bond acceptors (Lipinski definition) is 4. The van der Waals surface area contributed by atoms with Crippen LogP contribution in [0.2, 0.25) is 0 Å². The van der Waals surface area contributed by atoms with E-state index >= 15 is 0 Å². The highest BCUT2D eigenvalue weighted by Gasteiger charge is 2.26. The average molecular weight is 457 g/mol. The van der Waals surface area contributed by atoms with Crippen molar-refractivity contribution >= 4 is 17.2 Å². The van der Waals surface area contributed by atoms with E-state index < -0.39 is 0 Å². The second-order valence-corrected chi connectivity index (χ2v) is 9.86. The second-order valence-electron chi connectivity index (χ2n) is 8.88. The minimum atomic E-state index is 0.0622. The molecular weight excluding hydrogens is 428 g/mol. The molecule has 5 nitrogen and oxygen atoms in total. The van der Waals surface area contributed by atoms with Crippen LogP contribution in [0.1, 0.15) is 54.6 Å². The third-order valence-electron chi connectivity index (χ3n) is 6.52. The number of thiazole rings is 1. The summed E-state index contributed by atoms with van der Waals surface area (Å²) in [5.74, 6) is 0.0622. The Morgan fingerprint density at radius 3 is 2.45 bits per heavy atom. The topological polar surface area (TPSA) is 51.0 Å². The fourth-order valence-electron chi connectivity index (χ4n) is 4.51. The molecule has 33 heavy (non-hydrogen) atoms. The van der Waals surface area contributed by atoms with E-state index in [1.807, 2.05) is 29.5 Å². The van der Waals surface area contributed by atoms with Crippen molar-refractivity contribution in [2.45, 2.75) is 47.1 Å². The van der Waals surface area contributed by atoms with Crippen LogP contribution in [0.3, 0.4) is 0 Å². The van der Waals surface area contributed by atoms with Crippen LogP contribution >= 0.6 is 11.3 Å². The predicted octanol–water partition coefficient (Wildman–Crippen LogP) is 5.35. The first-order chi connectivity index (χ1) is 15.9. The monoisotopic (exact) mass is 456 g/mol. The Balaban J connectivity index is 1.41. The molecule has 5 rings (SSSR count). The summed E-state index contributed by atoms with van der Waals surface area (Å²) in [7, 11) is 0. The van der Waals surface area contributed by atoms with Crippen LogP contribution in [0.15, 0.2) is 48.5 Å². The van der Waals surface area contributed by atoms with Crippen molar-refractivity contribution in [1.29, 1.82) is 0 Å². The molecule has 6 heteroatoms. The number of rotatable bonds is 4. The van der Waals surface area contributed by atoms with Crippen LogP contribution in [0.4, 0.5) is 0 Å². The van der Waals surface area contributed by atoms with Gasteiger partial charge in [-0.15, -0.1) is 0 Å². The third-order valence-corrected chi connectivity index (χ3v) is 7.64. The van der Waals surface area contributed by atoms with Crippen LogP contribution in [0.25, 0.3) is 5.13 Å². The molecule has 0 unspecified atom stereocenters. The van der Waals surface area contributed by atoms with E-state index in [-0.39, 0.29) is 5.91 Å². The number of hydrogen-bond donors (Lipinski definition) is 0. The fraction of sp³-hybridized carbons (Fsp3) is 0.296. The van der Waals surface area contributed by atoms with Crippen molar-refractivity contribution in [1.82, 2.24) is 19.7 Å². The maximum absolute atomic E-state index is 13.4. The number of aryl methyl sites for hydroxylation is 3. The molecule has 1 amide bonds. The molecule has 0 fully saturated rings. The van der Waals surface area contributed by atoms with Gasteiger partial charge < -0.3 is 4.90 Å². The van der Waals surface area contributed by atoms with Crippen molar-refractivity contribution in [2.75, 3.05) is 6.54 Å². The average Bonchev–Trinajstić information content (AvgIpc) is 3.34. The summed E-state index contributed by atoms with van der Waals surface area (Å²) in [4.78, 5) is 20.8. The van der Waals surface area contributed by atoms with Crippen molar-refractivity contribution in [3.05, 3.63) is 98.3 Å². The van der Waals surface area contributed by atoms with Crippen molar-refractivity contribution in [3.8, 4) is 5.13 Å². The normalized spacial score (nSPS) is 13.3. The maximum atomic E-state index is 13.4. The Morgan fingerprint density at radius 1 is 0.970 bits per heavy atom. The van der Waals surface area contributed by atoms with Gasteiger partial charge in [0.1, 0.15) is 4.88 Å². The summed E-state index contributed by atoms with van der Waals surface area (Å²) in [6.07, 6.45) is 1.73. The Labute approximate surface area is 198 Å². The van der Waals surface area contributed by atoms with Gasteiger partial charge in [-0.25, -0.2) is 9.67 Å². The summed E-state index contributed by atoms with van der Waals surface area (Å²) in [5.41, 5.74) is 9.16. The summed E-state index contributed by atoms with van der Waals surface area (Å²) >= 11 is 1.44. The number of aromatic nitrogens is 3. The predicted molar refractivity (Wildman–Crippen MR) is 132 cm³/mol. The van der Waals surface area contributed by atoms with Gasteiger partial charge in [0.25, 0.3) is 5.91 Å². The van der Waals surface area contributed by atoms with E-state index in [1.165, 1.54) is 39.2 Å². The zero-order chi connectivity index (χ0) is 23.1. The first-order valence-electron chi connectivity index (χ1n) is 11.3. The van der Waals surface area contributed by atoms with Gasteiger partial charge in [0.2, 0.25) is 5.13 Å². The lowest BCUT2D eigenvalue weighted by atomic mass is 10.00. The molecule has 2 aromatic carbocycles. The smallest absolute Gasteiger partial charge is 0.266 e. The van der Waals surface area contributed by atoms with Crippen LogP contribution < -0.4 is 0 Å². The Hall–Kier alpha value is -3.25. The number of benzene rings is 2. The number of nitrogens with zero attached hydrogens (tertiary/aromatic N) is 4. The van der Waals surface area contributed by atoms with Gasteiger partial charge in [-0.3, -0.25) is 4.79 Å². The van der Waals surface area contributed by atoms with Crippen LogP contribution in [-0.4, -0.2) is 32.1 Å². The minimum absolute atomic E-state index is 0.0622. The fourth-order valence-corrected chi connectivity index (χ4v) is 5.55. The van der Waals surface area contributed by atoms with E-state index in [0.29, 0.717) is 11.4 Å². The van der Waals surface area contributed by atoms with Crippen LogP contribution in [-0.2, 0) is 19.4 Å². The highest BCUT2D eigenvalue weighted by atomic mass is 32.1. The van der Waals surface area contributed by atoms with Crippen molar-refractivity contribution in [3.63, 3.8) is 0 Å². The largest absolute Gasteiger partial charge is 0.333 e. The molecule has 2 aromatic heterocycles. The zero-order valence-electron chi connectivity index (χ0n) is 19.6. The van der Waals surface area contributed by atoms with E-state index in [4.69, 9.17) is 10.1 Å². The van der Waals surface area contributed by atoms with Crippen molar-refractivity contribution in [2.24, 2.45) is 0 Å². The molecule has 1 aliphatic heterocycles. The minimum Gasteiger partial charge on any atom is -0.333 e. The first kappa shape index (κ1) is 21.6. The van der Waals surface area contributed by atoms with Gasteiger partial charge in [-0.05, 0) is 50.8 Å². The summed E-state index contributed by atoms with van der Waals surface area (Å²) in [5, 5.41) is 5.54. The van der Waals surface area contributed by atoms with Gasteiger partial charge in [-0.1, -0.05) is 65.4 Å². The number of amides is 1. The molecule has 0 N–H and O–H groups in total. The Bertz CT molecular complexity index is 1330. The highest BCUT2D eigenvalue weighted by Crippen LogP contribution is 2.28. The van der Waals surface area contributed by atoms with Gasteiger partial charge in [0.05, 0.1) is 11.4 Å². The van der Waals surface area contributed by atoms with E-state index in [1.54, 1.807) is 0 Å². The number of fused-ring (bicyclic) bond motifs is 1. The zero-order valence-corrected chi connectivity index (χ0v) is 20.4. The third kappa shape index (κ3) is 4.11. The Kier molecular flexibility index (Phi) is 5.62. The summed E-state index contributed by atoms with van der Waals surface area (Å²) in [6.45, 7) is 9.55. The molecular formula is C27H28N4OS. The second kappa shape index (κ2) is 8.60. The Morgan fingerprint density at radius 2 is 1.70 bits per heavy atom. The standard InChI is InChI=1S/C27H28N4OS/c1-17-9-11-21(12-10-17)15-24-18(2)29-31(20(24)4)27-28-19(3)25(33-27)26(32)30-14-13-22-7-5-6-8-23(22)16-30/h5-12H,13-16H2,1-4H3. The van der Waals surface area contributed by atoms with Gasteiger partial charge >= 0.3 is 0 Å². The quantitative estimate of drug-likeness (QED) is 0.416. The molecule has 0 atom stereocenters. The molecule has 4 aromatic rings. The van der Waals surface area contributed by atoms with Crippen LogP contribution in [0.5, 0.6) is 0 Å². The molecule has 0 saturated carbocycles. The molecule has 0 aliphatic carbocycles. The van der Waals surface area contributed by atoms with E-state index in [0.717, 1.165) is 41.6 Å². The van der Waals surface area contributed by atoms with E-state index in [9.17, 15) is 4.79 Å². The molecule has 0 radical (unpaired) electrons. The molecule has 0 bridgehead atoms. The molecule has 0 saturated heterocycles. The van der Waals surface area contributed by atoms with E-state index in [2.05, 4.69) is 56.3 Å². The van der Waals surface area contributed by atoms with Gasteiger partial charge in [0, 0.05) is 30.8 Å². The highest BCUT2D eigenvalue weighted by molar-refractivity contribution is 7.16.